The highest BCUT2D eigenvalue weighted by molar-refractivity contribution is 5.29. The van der Waals surface area contributed by atoms with E-state index in [1.165, 1.54) is 0 Å². The predicted octanol–water partition coefficient (Wildman–Crippen LogP) is 0.0116. The highest BCUT2D eigenvalue weighted by Crippen LogP contribution is 2.15. The maximum Gasteiger partial charge on any atom is 0.110 e. The average Bonchev–Trinajstić information content (AvgIpc) is 2.20. The van der Waals surface area contributed by atoms with Crippen molar-refractivity contribution in [3.8, 4) is 0 Å². The Labute approximate surface area is 77.0 Å². The highest BCUT2D eigenvalue weighted by atomic mass is 16.3. The van der Waals surface area contributed by atoms with Crippen LogP contribution in [0.15, 0.2) is 24.3 Å². The summed E-state index contributed by atoms with van der Waals surface area (Å²) in [4.78, 5) is 0. The number of aliphatic hydroxyl groups excluding tert-OH is 2. The number of hydrogen-bond donors (Lipinski definition) is 3. The quantitative estimate of drug-likeness (QED) is 0.526. The number of aliphatic hydroxyl groups is 2. The summed E-state index contributed by atoms with van der Waals surface area (Å²) >= 11 is 0. The second-order valence-corrected chi connectivity index (χ2v) is 3.38. The first-order valence-electron chi connectivity index (χ1n) is 4.44. The third kappa shape index (κ3) is 1.88. The zero-order valence-electron chi connectivity index (χ0n) is 7.27. The Morgan fingerprint density at radius 1 is 1.00 bits per heavy atom. The minimum atomic E-state index is -0.640. The molecule has 0 amide bonds. The Hall–Kier alpha value is -0.900. The van der Waals surface area contributed by atoms with Gasteiger partial charge in [0, 0.05) is 12.8 Å². The molecule has 3 nitrogen and oxygen atoms in total. The summed E-state index contributed by atoms with van der Waals surface area (Å²) in [6.45, 7) is 0. The third-order valence-electron chi connectivity index (χ3n) is 2.33. The molecule has 0 saturated carbocycles. The first-order valence-corrected chi connectivity index (χ1v) is 4.44. The fourth-order valence-corrected chi connectivity index (χ4v) is 1.71. The number of benzene rings is 1. The van der Waals surface area contributed by atoms with E-state index in [1.807, 2.05) is 24.3 Å². The minimum absolute atomic E-state index is 0.563. The van der Waals surface area contributed by atoms with Gasteiger partial charge in [-0.05, 0) is 11.1 Å². The van der Waals surface area contributed by atoms with Crippen LogP contribution in [-0.4, -0.2) is 22.7 Å². The molecule has 0 aliphatic carbocycles. The molecule has 2 atom stereocenters. The van der Waals surface area contributed by atoms with Crippen molar-refractivity contribution in [2.45, 2.75) is 25.3 Å². The SMILES string of the molecule is OC1Cc2ccccc2CC(O)N1. The number of fused-ring (bicyclic) bond motifs is 1. The zero-order valence-corrected chi connectivity index (χ0v) is 7.27. The first kappa shape index (κ1) is 8.69. The molecular weight excluding hydrogens is 166 g/mol. The van der Waals surface area contributed by atoms with E-state index in [9.17, 15) is 10.2 Å². The summed E-state index contributed by atoms with van der Waals surface area (Å²) in [5, 5.41) is 21.6. The van der Waals surface area contributed by atoms with Gasteiger partial charge < -0.3 is 10.2 Å². The molecule has 0 aromatic heterocycles. The van der Waals surface area contributed by atoms with Crippen LogP contribution in [0.5, 0.6) is 0 Å². The summed E-state index contributed by atoms with van der Waals surface area (Å²) in [6, 6.07) is 7.86. The highest BCUT2D eigenvalue weighted by Gasteiger charge is 2.18. The molecule has 1 aliphatic rings. The van der Waals surface area contributed by atoms with E-state index in [0.717, 1.165) is 11.1 Å². The Morgan fingerprint density at radius 2 is 1.46 bits per heavy atom. The molecule has 3 heteroatoms. The average molecular weight is 179 g/mol. The van der Waals surface area contributed by atoms with Crippen LogP contribution >= 0.6 is 0 Å². The van der Waals surface area contributed by atoms with Crippen molar-refractivity contribution in [2.24, 2.45) is 0 Å². The lowest BCUT2D eigenvalue weighted by molar-refractivity contribution is 0.0485. The van der Waals surface area contributed by atoms with E-state index >= 15 is 0 Å². The van der Waals surface area contributed by atoms with E-state index in [1.54, 1.807) is 0 Å². The van der Waals surface area contributed by atoms with Crippen LogP contribution in [0.4, 0.5) is 0 Å². The summed E-state index contributed by atoms with van der Waals surface area (Å²) in [6.07, 6.45) is -0.155. The maximum atomic E-state index is 9.44. The van der Waals surface area contributed by atoms with Crippen molar-refractivity contribution < 1.29 is 10.2 Å². The van der Waals surface area contributed by atoms with E-state index < -0.39 is 12.5 Å². The summed E-state index contributed by atoms with van der Waals surface area (Å²) in [5.74, 6) is 0. The van der Waals surface area contributed by atoms with E-state index in [0.29, 0.717) is 12.8 Å². The standard InChI is InChI=1S/C10H13NO2/c12-9-5-7-3-1-2-4-8(7)6-10(13)11-9/h1-4,9-13H,5-6H2. The molecule has 13 heavy (non-hydrogen) atoms. The van der Waals surface area contributed by atoms with Gasteiger partial charge in [-0.3, -0.25) is 5.32 Å². The zero-order chi connectivity index (χ0) is 9.26. The topological polar surface area (TPSA) is 52.5 Å². The van der Waals surface area contributed by atoms with Gasteiger partial charge in [0.15, 0.2) is 0 Å². The second kappa shape index (κ2) is 3.46. The molecule has 1 aliphatic heterocycles. The normalized spacial score (nSPS) is 27.8. The van der Waals surface area contributed by atoms with Crippen molar-refractivity contribution in [1.29, 1.82) is 0 Å². The van der Waals surface area contributed by atoms with Crippen LogP contribution in [0.25, 0.3) is 0 Å². The van der Waals surface area contributed by atoms with Gasteiger partial charge in [0.1, 0.15) is 12.5 Å². The van der Waals surface area contributed by atoms with Crippen molar-refractivity contribution in [1.82, 2.24) is 5.32 Å². The van der Waals surface area contributed by atoms with Crippen LogP contribution in [0.1, 0.15) is 11.1 Å². The molecule has 1 aromatic rings. The van der Waals surface area contributed by atoms with E-state index in [-0.39, 0.29) is 0 Å². The van der Waals surface area contributed by atoms with Crippen molar-refractivity contribution in [3.05, 3.63) is 35.4 Å². The maximum absolute atomic E-state index is 9.44. The van der Waals surface area contributed by atoms with E-state index in [2.05, 4.69) is 5.32 Å². The monoisotopic (exact) mass is 179 g/mol. The van der Waals surface area contributed by atoms with Gasteiger partial charge in [0.2, 0.25) is 0 Å². The fraction of sp³-hybridized carbons (Fsp3) is 0.400. The third-order valence-corrected chi connectivity index (χ3v) is 2.33. The molecule has 0 radical (unpaired) electrons. The lowest BCUT2D eigenvalue weighted by Gasteiger charge is -2.12. The number of rotatable bonds is 0. The van der Waals surface area contributed by atoms with Gasteiger partial charge in [-0.25, -0.2) is 0 Å². The Balaban J connectivity index is 2.32. The van der Waals surface area contributed by atoms with Crippen LogP contribution in [0.2, 0.25) is 0 Å². The van der Waals surface area contributed by atoms with Crippen LogP contribution in [0, 0.1) is 0 Å². The largest absolute Gasteiger partial charge is 0.378 e. The number of hydrogen-bond acceptors (Lipinski definition) is 3. The predicted molar refractivity (Wildman–Crippen MR) is 49.0 cm³/mol. The molecule has 0 bridgehead atoms. The summed E-state index contributed by atoms with van der Waals surface area (Å²) < 4.78 is 0. The van der Waals surface area contributed by atoms with Crippen molar-refractivity contribution in [2.75, 3.05) is 0 Å². The van der Waals surface area contributed by atoms with Gasteiger partial charge in [-0.15, -0.1) is 0 Å². The lowest BCUT2D eigenvalue weighted by atomic mass is 10.0. The molecule has 2 unspecified atom stereocenters. The van der Waals surface area contributed by atoms with Crippen LogP contribution in [0.3, 0.4) is 0 Å². The first-order chi connectivity index (χ1) is 6.25. The second-order valence-electron chi connectivity index (χ2n) is 3.38. The Bertz CT molecular complexity index is 272. The van der Waals surface area contributed by atoms with Crippen molar-refractivity contribution >= 4 is 0 Å². The van der Waals surface area contributed by atoms with Crippen LogP contribution in [-0.2, 0) is 12.8 Å². The molecule has 70 valence electrons. The summed E-state index contributed by atoms with van der Waals surface area (Å²) in [7, 11) is 0. The molecule has 2 rings (SSSR count). The molecule has 3 N–H and O–H groups in total. The molecule has 0 spiro atoms. The molecule has 1 heterocycles. The Kier molecular flexibility index (Phi) is 2.31. The lowest BCUT2D eigenvalue weighted by Crippen LogP contribution is -2.38. The Morgan fingerprint density at radius 3 is 1.92 bits per heavy atom. The molecule has 0 fully saturated rings. The smallest absolute Gasteiger partial charge is 0.110 e. The van der Waals surface area contributed by atoms with E-state index in [4.69, 9.17) is 0 Å². The van der Waals surface area contributed by atoms with Gasteiger partial charge in [0.05, 0.1) is 0 Å². The van der Waals surface area contributed by atoms with Crippen LogP contribution < -0.4 is 5.32 Å². The van der Waals surface area contributed by atoms with Gasteiger partial charge in [0.25, 0.3) is 0 Å². The van der Waals surface area contributed by atoms with Gasteiger partial charge >= 0.3 is 0 Å². The summed E-state index contributed by atoms with van der Waals surface area (Å²) in [5.41, 5.74) is 2.22. The van der Waals surface area contributed by atoms with Gasteiger partial charge in [-0.1, -0.05) is 24.3 Å². The molecular formula is C10H13NO2. The fourth-order valence-electron chi connectivity index (χ4n) is 1.71. The molecule has 0 saturated heterocycles. The minimum Gasteiger partial charge on any atom is -0.378 e. The number of nitrogens with one attached hydrogen (secondary N) is 1. The van der Waals surface area contributed by atoms with Gasteiger partial charge in [-0.2, -0.15) is 0 Å². The van der Waals surface area contributed by atoms with Crippen molar-refractivity contribution in [3.63, 3.8) is 0 Å². The molecule has 1 aromatic carbocycles.